The van der Waals surface area contributed by atoms with Gasteiger partial charge >= 0.3 is 5.97 Å². The summed E-state index contributed by atoms with van der Waals surface area (Å²) in [5.41, 5.74) is 0.366. The lowest BCUT2D eigenvalue weighted by molar-refractivity contribution is -0.146. The summed E-state index contributed by atoms with van der Waals surface area (Å²) in [7, 11) is -4.09. The molecule has 0 bridgehead atoms. The van der Waals surface area contributed by atoms with Gasteiger partial charge in [0.25, 0.3) is 5.91 Å². The largest absolute Gasteiger partial charge is 0.492 e. The molecule has 29 heavy (non-hydrogen) atoms. The maximum Gasteiger partial charge on any atom is 0.321 e. The van der Waals surface area contributed by atoms with Gasteiger partial charge in [-0.2, -0.15) is 9.98 Å². The predicted octanol–water partition coefficient (Wildman–Crippen LogP) is 1.42. The van der Waals surface area contributed by atoms with E-state index >= 15 is 0 Å². The summed E-state index contributed by atoms with van der Waals surface area (Å²) in [6.45, 7) is 0.925. The Labute approximate surface area is 168 Å². The molecule has 0 radical (unpaired) electrons. The predicted molar refractivity (Wildman–Crippen MR) is 104 cm³/mol. The van der Waals surface area contributed by atoms with E-state index in [4.69, 9.17) is 14.7 Å². The first kappa shape index (κ1) is 21.9. The molecule has 9 nitrogen and oxygen atoms in total. The Hall–Kier alpha value is -3.42. The van der Waals surface area contributed by atoms with Crippen LogP contribution in [0.5, 0.6) is 5.75 Å². The van der Waals surface area contributed by atoms with Crippen LogP contribution < -0.4 is 14.8 Å². The van der Waals surface area contributed by atoms with Crippen LogP contribution in [-0.4, -0.2) is 40.1 Å². The molecule has 0 aliphatic rings. The Morgan fingerprint density at radius 1 is 1.10 bits per heavy atom. The number of carbonyl (C=O) groups is 2. The van der Waals surface area contributed by atoms with E-state index in [0.717, 1.165) is 0 Å². The molecule has 0 atom stereocenters. The van der Waals surface area contributed by atoms with Gasteiger partial charge in [0, 0.05) is 0 Å². The Kier molecular flexibility index (Phi) is 7.70. The highest BCUT2D eigenvalue weighted by Crippen LogP contribution is 2.23. The molecule has 2 N–H and O–H groups in total. The minimum Gasteiger partial charge on any atom is -0.492 e. The number of sulfonamides is 1. The normalized spacial score (nSPS) is 10.6. The number of hydrogen-bond acceptors (Lipinski definition) is 7. The third-order valence-corrected chi connectivity index (χ3v) is 4.99. The molecular formula is C19H19N3O6S. The van der Waals surface area contributed by atoms with Crippen molar-refractivity contribution in [3.05, 3.63) is 54.1 Å². The van der Waals surface area contributed by atoms with Crippen LogP contribution in [0.15, 0.2) is 53.4 Å². The van der Waals surface area contributed by atoms with Gasteiger partial charge in [-0.3, -0.25) is 9.59 Å². The van der Waals surface area contributed by atoms with Gasteiger partial charge < -0.3 is 14.8 Å². The van der Waals surface area contributed by atoms with Crippen LogP contribution in [0, 0.1) is 11.3 Å². The molecule has 2 aromatic carbocycles. The number of hydrogen-bond donors (Lipinski definition) is 2. The van der Waals surface area contributed by atoms with Gasteiger partial charge in [-0.25, -0.2) is 8.42 Å². The molecule has 1 amide bonds. The smallest absolute Gasteiger partial charge is 0.321 e. The van der Waals surface area contributed by atoms with Crippen molar-refractivity contribution in [2.24, 2.45) is 0 Å². The Balaban J connectivity index is 1.87. The quantitative estimate of drug-likeness (QED) is 0.589. The van der Waals surface area contributed by atoms with Gasteiger partial charge in [0.2, 0.25) is 10.0 Å². The molecule has 0 heterocycles. The first-order valence-electron chi connectivity index (χ1n) is 8.53. The van der Waals surface area contributed by atoms with E-state index in [1.54, 1.807) is 37.3 Å². The van der Waals surface area contributed by atoms with Crippen molar-refractivity contribution in [2.45, 2.75) is 11.8 Å². The third-order valence-electron chi connectivity index (χ3n) is 3.53. The van der Waals surface area contributed by atoms with Crippen molar-refractivity contribution < 1.29 is 27.5 Å². The highest BCUT2D eigenvalue weighted by molar-refractivity contribution is 7.89. The second-order valence-corrected chi connectivity index (χ2v) is 7.31. The van der Waals surface area contributed by atoms with Crippen molar-refractivity contribution in [1.82, 2.24) is 4.72 Å². The van der Waals surface area contributed by atoms with Crippen molar-refractivity contribution in [3.63, 3.8) is 0 Å². The Bertz CT molecular complexity index is 1030. The van der Waals surface area contributed by atoms with Gasteiger partial charge in [-0.1, -0.05) is 24.3 Å². The zero-order chi connectivity index (χ0) is 21.3. The molecule has 0 saturated heterocycles. The van der Waals surface area contributed by atoms with E-state index < -0.39 is 35.1 Å². The molecule has 152 valence electrons. The molecule has 0 aliphatic carbocycles. The zero-order valence-electron chi connectivity index (χ0n) is 15.5. The molecule has 0 spiro atoms. The number of rotatable bonds is 9. The molecule has 0 saturated carbocycles. The summed E-state index contributed by atoms with van der Waals surface area (Å²) in [4.78, 5) is 23.5. The molecule has 0 aliphatic heterocycles. The van der Waals surface area contributed by atoms with Crippen LogP contribution in [0.4, 0.5) is 5.69 Å². The number of para-hydroxylation sites is 2. The van der Waals surface area contributed by atoms with Crippen molar-refractivity contribution in [1.29, 1.82) is 5.26 Å². The van der Waals surface area contributed by atoms with Crippen LogP contribution >= 0.6 is 0 Å². The fraction of sp³-hybridized carbons (Fsp3) is 0.211. The summed E-state index contributed by atoms with van der Waals surface area (Å²) in [6, 6.07) is 14.1. The molecule has 0 unspecified atom stereocenters. The number of benzene rings is 2. The lowest BCUT2D eigenvalue weighted by Gasteiger charge is -2.11. The van der Waals surface area contributed by atoms with Gasteiger partial charge in [0.1, 0.15) is 18.4 Å². The average molecular weight is 417 g/mol. The first-order valence-corrected chi connectivity index (χ1v) is 10.0. The summed E-state index contributed by atoms with van der Waals surface area (Å²) < 4.78 is 36.7. The van der Waals surface area contributed by atoms with Gasteiger partial charge in [-0.05, 0) is 31.2 Å². The zero-order valence-corrected chi connectivity index (χ0v) is 16.4. The monoisotopic (exact) mass is 417 g/mol. The molecule has 0 aromatic heterocycles. The fourth-order valence-electron chi connectivity index (χ4n) is 2.26. The average Bonchev–Trinajstić information content (AvgIpc) is 2.72. The SMILES string of the molecule is CCOc1ccccc1NC(=O)COC(=O)CNS(=O)(=O)c1ccccc1C#N. The van der Waals surface area contributed by atoms with Crippen LogP contribution in [0.3, 0.4) is 0 Å². The molecule has 10 heteroatoms. The minimum atomic E-state index is -4.09. The second kappa shape index (κ2) is 10.2. The number of nitrogens with zero attached hydrogens (tertiary/aromatic N) is 1. The third kappa shape index (κ3) is 6.31. The molecular weight excluding hydrogens is 398 g/mol. The van der Waals surface area contributed by atoms with E-state index in [0.29, 0.717) is 18.0 Å². The van der Waals surface area contributed by atoms with Gasteiger partial charge in [-0.15, -0.1) is 0 Å². The highest BCUT2D eigenvalue weighted by atomic mass is 32.2. The summed E-state index contributed by atoms with van der Waals surface area (Å²) in [5, 5.41) is 11.5. The number of anilines is 1. The Morgan fingerprint density at radius 2 is 1.79 bits per heavy atom. The number of nitrogens with one attached hydrogen (secondary N) is 2. The Morgan fingerprint density at radius 3 is 2.52 bits per heavy atom. The summed E-state index contributed by atoms with van der Waals surface area (Å²) in [5.74, 6) is -1.09. The molecule has 2 rings (SSSR count). The van der Waals surface area contributed by atoms with Crippen LogP contribution in [0.25, 0.3) is 0 Å². The van der Waals surface area contributed by atoms with Crippen molar-refractivity contribution in [3.8, 4) is 11.8 Å². The van der Waals surface area contributed by atoms with E-state index in [1.165, 1.54) is 24.3 Å². The minimum absolute atomic E-state index is 0.0549. The van der Waals surface area contributed by atoms with E-state index in [-0.39, 0.29) is 10.5 Å². The maximum atomic E-state index is 12.2. The molecule has 2 aromatic rings. The standard InChI is InChI=1S/C19H19N3O6S/c1-2-27-16-9-5-4-8-15(16)22-18(23)13-28-19(24)12-21-29(25,26)17-10-6-3-7-14(17)11-20/h3-10,21H,2,12-13H2,1H3,(H,22,23). The molecule has 0 fully saturated rings. The summed E-state index contributed by atoms with van der Waals surface area (Å²) >= 11 is 0. The fourth-order valence-corrected chi connectivity index (χ4v) is 3.38. The van der Waals surface area contributed by atoms with Crippen LogP contribution in [-0.2, 0) is 24.3 Å². The van der Waals surface area contributed by atoms with Crippen molar-refractivity contribution >= 4 is 27.6 Å². The van der Waals surface area contributed by atoms with Crippen LogP contribution in [0.1, 0.15) is 12.5 Å². The summed E-state index contributed by atoms with van der Waals surface area (Å²) in [6.07, 6.45) is 0. The number of nitriles is 1. The van der Waals surface area contributed by atoms with Gasteiger partial charge in [0.05, 0.1) is 22.8 Å². The number of carbonyl (C=O) groups excluding carboxylic acids is 2. The van der Waals surface area contributed by atoms with Crippen molar-refractivity contribution in [2.75, 3.05) is 25.1 Å². The van der Waals surface area contributed by atoms with E-state index in [9.17, 15) is 18.0 Å². The first-order chi connectivity index (χ1) is 13.9. The van der Waals surface area contributed by atoms with E-state index in [2.05, 4.69) is 5.32 Å². The maximum absolute atomic E-state index is 12.2. The van der Waals surface area contributed by atoms with Crippen LogP contribution in [0.2, 0.25) is 0 Å². The van der Waals surface area contributed by atoms with E-state index in [1.807, 2.05) is 4.72 Å². The lowest BCUT2D eigenvalue weighted by atomic mass is 10.2. The number of ether oxygens (including phenoxy) is 2. The number of amides is 1. The lowest BCUT2D eigenvalue weighted by Crippen LogP contribution is -2.32. The second-order valence-electron chi connectivity index (χ2n) is 5.57. The highest BCUT2D eigenvalue weighted by Gasteiger charge is 2.20. The van der Waals surface area contributed by atoms with Gasteiger partial charge in [0.15, 0.2) is 6.61 Å². The topological polar surface area (TPSA) is 135 Å². The number of esters is 1.